The molecule has 168 valence electrons. The molecule has 0 saturated heterocycles. The van der Waals surface area contributed by atoms with Crippen LogP contribution < -0.4 is 10.6 Å². The number of anilines is 1. The number of ether oxygens (including phenoxy) is 2. The Morgan fingerprint density at radius 3 is 2.30 bits per heavy atom. The van der Waals surface area contributed by atoms with Crippen LogP contribution in [0, 0.1) is 21.4 Å². The van der Waals surface area contributed by atoms with Crippen molar-refractivity contribution in [3.63, 3.8) is 0 Å². The van der Waals surface area contributed by atoms with E-state index in [2.05, 4.69) is 15.9 Å². The third-order valence-electron chi connectivity index (χ3n) is 5.00. The van der Waals surface area contributed by atoms with Crippen molar-refractivity contribution in [2.45, 2.75) is 5.92 Å². The molecule has 33 heavy (non-hydrogen) atoms. The summed E-state index contributed by atoms with van der Waals surface area (Å²) in [5.41, 5.74) is 5.54. The van der Waals surface area contributed by atoms with Crippen molar-refractivity contribution in [2.24, 2.45) is 5.73 Å². The van der Waals surface area contributed by atoms with E-state index in [9.17, 15) is 25.0 Å². The Morgan fingerprint density at radius 2 is 1.76 bits per heavy atom. The van der Waals surface area contributed by atoms with Crippen molar-refractivity contribution < 1.29 is 24.0 Å². The van der Waals surface area contributed by atoms with Crippen LogP contribution in [0.15, 0.2) is 75.7 Å². The SMILES string of the molecule is COC(=O)C1=C(C(=O)OC)N(c2cccc(Br)c2[N+](=O)[O-])C(N)=C(C#N)C1c1ccccc1. The lowest BCUT2D eigenvalue weighted by Crippen LogP contribution is -2.41. The number of benzene rings is 2. The first-order valence-electron chi connectivity index (χ1n) is 9.36. The zero-order valence-electron chi connectivity index (χ0n) is 17.4. The second-order valence-corrected chi connectivity index (χ2v) is 7.55. The van der Waals surface area contributed by atoms with Crippen molar-refractivity contribution >= 4 is 39.2 Å². The van der Waals surface area contributed by atoms with E-state index in [0.717, 1.165) is 19.1 Å². The number of hydrogen-bond acceptors (Lipinski definition) is 9. The van der Waals surface area contributed by atoms with Crippen molar-refractivity contribution in [3.05, 3.63) is 91.3 Å². The highest BCUT2D eigenvalue weighted by molar-refractivity contribution is 9.10. The normalized spacial score (nSPS) is 15.7. The lowest BCUT2D eigenvalue weighted by Gasteiger charge is -2.35. The average molecular weight is 513 g/mol. The number of nitrogens with two attached hydrogens (primary N) is 1. The summed E-state index contributed by atoms with van der Waals surface area (Å²) in [6, 6.07) is 14.7. The summed E-state index contributed by atoms with van der Waals surface area (Å²) in [6.07, 6.45) is 0. The minimum absolute atomic E-state index is 0.0940. The van der Waals surface area contributed by atoms with E-state index in [4.69, 9.17) is 15.2 Å². The zero-order chi connectivity index (χ0) is 24.3. The topological polar surface area (TPSA) is 149 Å². The fraction of sp³-hybridized carbons (Fsp3) is 0.136. The van der Waals surface area contributed by atoms with E-state index in [-0.39, 0.29) is 27.1 Å². The molecule has 10 nitrogen and oxygen atoms in total. The number of nitro groups is 1. The molecule has 0 amide bonds. The van der Waals surface area contributed by atoms with Gasteiger partial charge in [-0.1, -0.05) is 36.4 Å². The predicted octanol–water partition coefficient (Wildman–Crippen LogP) is 3.26. The first-order valence-corrected chi connectivity index (χ1v) is 10.2. The van der Waals surface area contributed by atoms with E-state index < -0.39 is 34.2 Å². The van der Waals surface area contributed by atoms with Crippen molar-refractivity contribution in [3.8, 4) is 6.07 Å². The summed E-state index contributed by atoms with van der Waals surface area (Å²) in [7, 11) is 2.21. The van der Waals surface area contributed by atoms with Gasteiger partial charge < -0.3 is 15.2 Å². The molecule has 0 bridgehead atoms. The molecule has 0 aromatic heterocycles. The number of esters is 2. The number of nitrogens with zero attached hydrogens (tertiary/aromatic N) is 3. The molecule has 1 aliphatic rings. The van der Waals surface area contributed by atoms with Crippen molar-refractivity contribution in [1.82, 2.24) is 0 Å². The molecule has 0 spiro atoms. The summed E-state index contributed by atoms with van der Waals surface area (Å²) < 4.78 is 9.94. The van der Waals surface area contributed by atoms with Gasteiger partial charge in [-0.25, -0.2) is 9.59 Å². The number of halogens is 1. The monoisotopic (exact) mass is 512 g/mol. The molecule has 1 unspecified atom stereocenters. The molecule has 0 radical (unpaired) electrons. The fourth-order valence-corrected chi connectivity index (χ4v) is 4.13. The maximum Gasteiger partial charge on any atom is 0.355 e. The number of methoxy groups -OCH3 is 2. The summed E-state index contributed by atoms with van der Waals surface area (Å²) >= 11 is 3.13. The minimum atomic E-state index is -1.07. The van der Waals surface area contributed by atoms with E-state index in [1.165, 1.54) is 18.2 Å². The highest BCUT2D eigenvalue weighted by atomic mass is 79.9. The predicted molar refractivity (Wildman–Crippen MR) is 120 cm³/mol. The van der Waals surface area contributed by atoms with Gasteiger partial charge in [-0.3, -0.25) is 15.0 Å². The number of hydrogen-bond donors (Lipinski definition) is 1. The molecule has 2 aromatic carbocycles. The Morgan fingerprint density at radius 1 is 1.12 bits per heavy atom. The Kier molecular flexibility index (Phi) is 6.79. The highest BCUT2D eigenvalue weighted by Gasteiger charge is 2.44. The van der Waals surface area contributed by atoms with Crippen molar-refractivity contribution in [1.29, 1.82) is 5.26 Å². The first-order chi connectivity index (χ1) is 15.8. The van der Waals surface area contributed by atoms with Gasteiger partial charge in [0.1, 0.15) is 17.2 Å². The van der Waals surface area contributed by atoms with Crippen LogP contribution in [0.3, 0.4) is 0 Å². The van der Waals surface area contributed by atoms with E-state index in [1.807, 2.05) is 6.07 Å². The number of carbonyl (C=O) groups excluding carboxylic acids is 2. The van der Waals surface area contributed by atoms with Gasteiger partial charge in [-0.05, 0) is 33.6 Å². The van der Waals surface area contributed by atoms with Crippen LogP contribution in [-0.2, 0) is 19.1 Å². The minimum Gasteiger partial charge on any atom is -0.466 e. The second kappa shape index (κ2) is 9.54. The van der Waals surface area contributed by atoms with Crippen LogP contribution in [0.4, 0.5) is 11.4 Å². The standard InChI is InChI=1S/C22H17BrN4O6/c1-32-21(28)17-16(12-7-4-3-5-8-12)13(11-24)20(25)26(19(17)22(29)33-2)15-10-6-9-14(23)18(15)27(30)31/h3-10,16H,25H2,1-2H3. The Bertz CT molecular complexity index is 1250. The first kappa shape index (κ1) is 23.5. The number of rotatable bonds is 5. The average Bonchev–Trinajstić information content (AvgIpc) is 2.82. The molecule has 2 N–H and O–H groups in total. The third kappa shape index (κ3) is 4.04. The zero-order valence-corrected chi connectivity index (χ0v) is 19.0. The molecule has 2 aromatic rings. The van der Waals surface area contributed by atoms with Crippen LogP contribution in [0.2, 0.25) is 0 Å². The molecule has 1 atom stereocenters. The lowest BCUT2D eigenvalue weighted by atomic mass is 9.81. The van der Waals surface area contributed by atoms with Crippen molar-refractivity contribution in [2.75, 3.05) is 19.1 Å². The molecule has 1 aliphatic heterocycles. The number of carbonyl (C=O) groups is 2. The Hall–Kier alpha value is -4.17. The molecule has 1 heterocycles. The summed E-state index contributed by atoms with van der Waals surface area (Å²) in [5, 5.41) is 21.8. The molecule has 11 heteroatoms. The maximum atomic E-state index is 13.0. The van der Waals surface area contributed by atoms with Crippen LogP contribution >= 0.6 is 15.9 Å². The van der Waals surface area contributed by atoms with Crippen LogP contribution in [0.5, 0.6) is 0 Å². The van der Waals surface area contributed by atoms with Gasteiger partial charge in [-0.2, -0.15) is 5.26 Å². The molecule has 3 rings (SSSR count). The van der Waals surface area contributed by atoms with E-state index in [0.29, 0.717) is 5.56 Å². The highest BCUT2D eigenvalue weighted by Crippen LogP contribution is 2.46. The summed E-state index contributed by atoms with van der Waals surface area (Å²) in [5.74, 6) is -3.25. The van der Waals surface area contributed by atoms with Gasteiger partial charge in [0.15, 0.2) is 0 Å². The van der Waals surface area contributed by atoms with Gasteiger partial charge in [0, 0.05) is 0 Å². The number of allylic oxidation sites excluding steroid dienone is 1. The number of nitriles is 1. The molecule has 0 fully saturated rings. The molecular weight excluding hydrogens is 496 g/mol. The summed E-state index contributed by atoms with van der Waals surface area (Å²) in [6.45, 7) is 0. The van der Waals surface area contributed by atoms with Gasteiger partial charge in [0.05, 0.1) is 46.7 Å². The number of para-hydroxylation sites is 1. The lowest BCUT2D eigenvalue weighted by molar-refractivity contribution is -0.384. The van der Waals surface area contributed by atoms with Crippen LogP contribution in [0.25, 0.3) is 0 Å². The number of nitro benzene ring substituents is 1. The Balaban J connectivity index is 2.49. The van der Waals surface area contributed by atoms with Crippen LogP contribution in [0.1, 0.15) is 11.5 Å². The molecule has 0 saturated carbocycles. The summed E-state index contributed by atoms with van der Waals surface area (Å²) in [4.78, 5) is 38.1. The maximum absolute atomic E-state index is 13.0. The fourth-order valence-electron chi connectivity index (χ4n) is 3.63. The van der Waals surface area contributed by atoms with Gasteiger partial charge in [-0.15, -0.1) is 0 Å². The van der Waals surface area contributed by atoms with Gasteiger partial charge >= 0.3 is 17.6 Å². The smallest absolute Gasteiger partial charge is 0.355 e. The molecule has 0 aliphatic carbocycles. The van der Waals surface area contributed by atoms with E-state index in [1.54, 1.807) is 30.3 Å². The largest absolute Gasteiger partial charge is 0.466 e. The quantitative estimate of drug-likeness (QED) is 0.361. The van der Waals surface area contributed by atoms with E-state index >= 15 is 0 Å². The van der Waals surface area contributed by atoms with Crippen LogP contribution in [-0.4, -0.2) is 31.1 Å². The Labute approximate surface area is 196 Å². The second-order valence-electron chi connectivity index (χ2n) is 6.70. The van der Waals surface area contributed by atoms with Gasteiger partial charge in [0.2, 0.25) is 0 Å². The molecular formula is C22H17BrN4O6. The third-order valence-corrected chi connectivity index (χ3v) is 5.64. The van der Waals surface area contributed by atoms with Gasteiger partial charge in [0.25, 0.3) is 0 Å².